The Hall–Kier alpha value is -5.46. The summed E-state index contributed by atoms with van der Waals surface area (Å²) in [4.78, 5) is 0. The molecule has 47 heavy (non-hydrogen) atoms. The number of hydrogen-bond donors (Lipinski definition) is 0. The van der Waals surface area contributed by atoms with E-state index >= 15 is 0 Å². The summed E-state index contributed by atoms with van der Waals surface area (Å²) in [5.74, 6) is 0. The van der Waals surface area contributed by atoms with E-state index in [1.165, 1.54) is 99.1 Å². The Bertz CT molecular complexity index is 2560. The number of aryl methyl sites for hydroxylation is 2. The molecule has 0 nitrogen and oxygen atoms in total. The van der Waals surface area contributed by atoms with Crippen molar-refractivity contribution >= 4 is 32.3 Å². The normalized spacial score (nSPS) is 13.3. The van der Waals surface area contributed by atoms with Crippen molar-refractivity contribution in [2.24, 2.45) is 0 Å². The minimum Gasteiger partial charge on any atom is -0.0620 e. The molecule has 9 rings (SSSR count). The lowest BCUT2D eigenvalue weighted by molar-refractivity contribution is 0.660. The molecule has 0 fully saturated rings. The molecule has 0 aliphatic heterocycles. The molecule has 0 spiro atoms. The van der Waals surface area contributed by atoms with Gasteiger partial charge >= 0.3 is 0 Å². The maximum atomic E-state index is 2.41. The predicted molar refractivity (Wildman–Crippen MR) is 202 cm³/mol. The minimum atomic E-state index is -0.000531. The zero-order chi connectivity index (χ0) is 31.9. The first kappa shape index (κ1) is 27.8. The molecule has 0 saturated carbocycles. The molecule has 8 aromatic carbocycles. The van der Waals surface area contributed by atoms with Gasteiger partial charge in [0.25, 0.3) is 0 Å². The van der Waals surface area contributed by atoms with Gasteiger partial charge in [0, 0.05) is 5.41 Å². The van der Waals surface area contributed by atoms with Crippen LogP contribution >= 0.6 is 0 Å². The highest BCUT2D eigenvalue weighted by Gasteiger charge is 2.35. The maximum Gasteiger partial charge on any atom is 0.0159 e. The highest BCUT2D eigenvalue weighted by molar-refractivity contribution is 6.12. The first-order chi connectivity index (χ1) is 22.9. The highest BCUT2D eigenvalue weighted by atomic mass is 14.4. The van der Waals surface area contributed by atoms with Gasteiger partial charge in [0.2, 0.25) is 0 Å². The predicted octanol–water partition coefficient (Wildman–Crippen LogP) is 13.1. The van der Waals surface area contributed by atoms with E-state index in [1.54, 1.807) is 0 Å². The van der Waals surface area contributed by atoms with Crippen molar-refractivity contribution in [3.05, 3.63) is 168 Å². The van der Waals surface area contributed by atoms with Crippen molar-refractivity contribution in [1.82, 2.24) is 0 Å². The Morgan fingerprint density at radius 1 is 0.383 bits per heavy atom. The van der Waals surface area contributed by atoms with Gasteiger partial charge < -0.3 is 0 Å². The van der Waals surface area contributed by atoms with Gasteiger partial charge in [-0.3, -0.25) is 0 Å². The molecule has 0 saturated heterocycles. The molecule has 0 N–H and O–H groups in total. The van der Waals surface area contributed by atoms with Crippen LogP contribution in [0.25, 0.3) is 76.8 Å². The third-order valence-corrected chi connectivity index (χ3v) is 10.8. The number of rotatable bonds is 3. The average Bonchev–Trinajstić information content (AvgIpc) is 3.33. The summed E-state index contributed by atoms with van der Waals surface area (Å²) in [6.07, 6.45) is 0. The SMILES string of the molecule is Cc1ccccc1-c1ccc2ccc3ccc(-c4ccc5cc(-c6ccc7c(c6)C(C)(C)c6ccccc6-7)ccc5c4)cc3c2c1C. The first-order valence-corrected chi connectivity index (χ1v) is 16.7. The average molecular weight is 601 g/mol. The molecular formula is C47H36. The van der Waals surface area contributed by atoms with Gasteiger partial charge in [0.15, 0.2) is 0 Å². The Morgan fingerprint density at radius 3 is 1.64 bits per heavy atom. The maximum absolute atomic E-state index is 2.41. The Kier molecular flexibility index (Phi) is 6.08. The van der Waals surface area contributed by atoms with Crippen LogP contribution in [-0.4, -0.2) is 0 Å². The van der Waals surface area contributed by atoms with Crippen molar-refractivity contribution < 1.29 is 0 Å². The summed E-state index contributed by atoms with van der Waals surface area (Å²) in [5.41, 5.74) is 15.9. The fourth-order valence-corrected chi connectivity index (χ4v) is 8.16. The Labute approximate surface area is 277 Å². The van der Waals surface area contributed by atoms with Crippen molar-refractivity contribution in [2.45, 2.75) is 33.1 Å². The lowest BCUT2D eigenvalue weighted by Crippen LogP contribution is -2.14. The van der Waals surface area contributed by atoms with Crippen LogP contribution < -0.4 is 0 Å². The number of hydrogen-bond acceptors (Lipinski definition) is 0. The lowest BCUT2D eigenvalue weighted by atomic mass is 9.81. The van der Waals surface area contributed by atoms with Gasteiger partial charge in [0.05, 0.1) is 0 Å². The van der Waals surface area contributed by atoms with E-state index in [0.717, 1.165) is 0 Å². The smallest absolute Gasteiger partial charge is 0.0159 e. The molecule has 224 valence electrons. The van der Waals surface area contributed by atoms with Crippen LogP contribution in [0.15, 0.2) is 146 Å². The molecule has 0 heterocycles. The van der Waals surface area contributed by atoms with Gasteiger partial charge in [-0.1, -0.05) is 135 Å². The number of benzene rings is 8. The first-order valence-electron chi connectivity index (χ1n) is 16.7. The van der Waals surface area contributed by atoms with E-state index in [2.05, 4.69) is 173 Å². The minimum absolute atomic E-state index is 0.000531. The van der Waals surface area contributed by atoms with Crippen LogP contribution in [0.1, 0.15) is 36.1 Å². The molecule has 1 aliphatic rings. The van der Waals surface area contributed by atoms with E-state index in [9.17, 15) is 0 Å². The molecule has 8 aromatic rings. The summed E-state index contributed by atoms with van der Waals surface area (Å²) in [7, 11) is 0. The fourth-order valence-electron chi connectivity index (χ4n) is 8.16. The molecule has 0 radical (unpaired) electrons. The van der Waals surface area contributed by atoms with Crippen LogP contribution in [0.2, 0.25) is 0 Å². The summed E-state index contributed by atoms with van der Waals surface area (Å²) in [5, 5.41) is 7.74. The summed E-state index contributed by atoms with van der Waals surface area (Å²) in [6.45, 7) is 9.19. The number of fused-ring (bicyclic) bond motifs is 7. The van der Waals surface area contributed by atoms with E-state index < -0.39 is 0 Å². The molecule has 0 atom stereocenters. The third kappa shape index (κ3) is 4.29. The quantitative estimate of drug-likeness (QED) is 0.177. The molecule has 0 heteroatoms. The molecule has 1 aliphatic carbocycles. The lowest BCUT2D eigenvalue weighted by Gasteiger charge is -2.22. The van der Waals surface area contributed by atoms with E-state index in [1.807, 2.05) is 0 Å². The molecule has 0 unspecified atom stereocenters. The second kappa shape index (κ2) is 10.3. The molecule has 0 aromatic heterocycles. The van der Waals surface area contributed by atoms with Gasteiger partial charge in [-0.15, -0.1) is 0 Å². The highest BCUT2D eigenvalue weighted by Crippen LogP contribution is 2.49. The standard InChI is InChI=1S/C47H36/c1-29-9-5-6-10-39(29)40-23-21-32-15-13-31-14-16-37(27-43(31)46(32)30(40)2)35-19-17-34-26-36(20-18-33(34)25-35)38-22-24-42-41-11-7-8-12-44(41)47(3,4)45(42)28-38/h5-28H,1-4H3. The van der Waals surface area contributed by atoms with Gasteiger partial charge in [-0.05, 0) is 137 Å². The van der Waals surface area contributed by atoms with Crippen LogP contribution in [0.4, 0.5) is 0 Å². The Morgan fingerprint density at radius 2 is 0.894 bits per heavy atom. The second-order valence-electron chi connectivity index (χ2n) is 13.9. The van der Waals surface area contributed by atoms with Crippen LogP contribution in [0, 0.1) is 13.8 Å². The van der Waals surface area contributed by atoms with Gasteiger partial charge in [-0.2, -0.15) is 0 Å². The monoisotopic (exact) mass is 600 g/mol. The van der Waals surface area contributed by atoms with Crippen LogP contribution in [-0.2, 0) is 5.41 Å². The zero-order valence-electron chi connectivity index (χ0n) is 27.4. The summed E-state index contributed by atoms with van der Waals surface area (Å²) >= 11 is 0. The molecule has 0 bridgehead atoms. The van der Waals surface area contributed by atoms with Crippen molar-refractivity contribution in [3.8, 4) is 44.5 Å². The van der Waals surface area contributed by atoms with Gasteiger partial charge in [-0.25, -0.2) is 0 Å². The fraction of sp³-hybridized carbons (Fsp3) is 0.106. The largest absolute Gasteiger partial charge is 0.0620 e. The van der Waals surface area contributed by atoms with Crippen molar-refractivity contribution in [2.75, 3.05) is 0 Å². The van der Waals surface area contributed by atoms with Crippen LogP contribution in [0.5, 0.6) is 0 Å². The van der Waals surface area contributed by atoms with Crippen molar-refractivity contribution in [1.29, 1.82) is 0 Å². The molecular weight excluding hydrogens is 565 g/mol. The van der Waals surface area contributed by atoms with Crippen LogP contribution in [0.3, 0.4) is 0 Å². The van der Waals surface area contributed by atoms with E-state index in [0.29, 0.717) is 0 Å². The third-order valence-electron chi connectivity index (χ3n) is 10.8. The van der Waals surface area contributed by atoms with E-state index in [-0.39, 0.29) is 5.41 Å². The summed E-state index contributed by atoms with van der Waals surface area (Å²) in [6, 6.07) is 54.5. The van der Waals surface area contributed by atoms with Crippen molar-refractivity contribution in [3.63, 3.8) is 0 Å². The van der Waals surface area contributed by atoms with Gasteiger partial charge in [0.1, 0.15) is 0 Å². The second-order valence-corrected chi connectivity index (χ2v) is 13.9. The summed E-state index contributed by atoms with van der Waals surface area (Å²) < 4.78 is 0. The van der Waals surface area contributed by atoms with E-state index in [4.69, 9.17) is 0 Å². The zero-order valence-corrected chi connectivity index (χ0v) is 27.4. The molecule has 0 amide bonds. The Balaban J connectivity index is 1.11. The topological polar surface area (TPSA) is 0 Å².